The van der Waals surface area contributed by atoms with Gasteiger partial charge in [-0.25, -0.2) is 0 Å². The Morgan fingerprint density at radius 2 is 2.43 bits per heavy atom. The molecule has 0 radical (unpaired) electrons. The first kappa shape index (κ1) is 11.0. The van der Waals surface area contributed by atoms with E-state index in [1.165, 1.54) is 0 Å². The van der Waals surface area contributed by atoms with E-state index >= 15 is 0 Å². The van der Waals surface area contributed by atoms with Crippen molar-refractivity contribution in [3.05, 3.63) is 12.2 Å². The van der Waals surface area contributed by atoms with Gasteiger partial charge in [0.15, 0.2) is 0 Å². The van der Waals surface area contributed by atoms with E-state index in [0.717, 1.165) is 12.8 Å². The molecule has 14 heavy (non-hydrogen) atoms. The molecule has 1 aliphatic carbocycles. The lowest BCUT2D eigenvalue weighted by atomic mass is 9.94. The van der Waals surface area contributed by atoms with Crippen molar-refractivity contribution in [2.24, 2.45) is 5.92 Å². The van der Waals surface area contributed by atoms with Crippen LogP contribution in [-0.2, 0) is 4.74 Å². The molecule has 1 aliphatic rings. The average Bonchev–Trinajstić information content (AvgIpc) is 2.19. The number of thiocarbonyl (C=S) groups is 1. The summed E-state index contributed by atoms with van der Waals surface area (Å²) >= 11 is 4.96. The molecule has 1 rings (SSSR count). The Bertz CT molecular complexity index is 270. The zero-order chi connectivity index (χ0) is 10.4. The highest BCUT2D eigenvalue weighted by Gasteiger charge is 2.15. The van der Waals surface area contributed by atoms with E-state index in [2.05, 4.69) is 11.4 Å². The van der Waals surface area contributed by atoms with E-state index in [4.69, 9.17) is 22.2 Å². The monoisotopic (exact) mass is 210 g/mol. The van der Waals surface area contributed by atoms with Crippen molar-refractivity contribution in [3.63, 3.8) is 0 Å². The van der Waals surface area contributed by atoms with Gasteiger partial charge < -0.3 is 10.1 Å². The second-order valence-electron chi connectivity index (χ2n) is 3.17. The van der Waals surface area contributed by atoms with Crippen LogP contribution in [0.25, 0.3) is 0 Å². The first-order valence-corrected chi connectivity index (χ1v) is 5.18. The van der Waals surface area contributed by atoms with Crippen molar-refractivity contribution in [2.45, 2.75) is 25.8 Å². The van der Waals surface area contributed by atoms with Gasteiger partial charge in [-0.2, -0.15) is 5.26 Å². The highest BCUT2D eigenvalue weighted by molar-refractivity contribution is 7.80. The third-order valence-corrected chi connectivity index (χ3v) is 2.34. The number of allylic oxidation sites excluding steroid dienone is 1. The molecule has 0 aromatic carbocycles. The number of rotatable bonds is 2. The number of nitrogens with zero attached hydrogens (tertiary/aromatic N) is 1. The van der Waals surface area contributed by atoms with Crippen LogP contribution in [0.1, 0.15) is 19.8 Å². The van der Waals surface area contributed by atoms with Crippen LogP contribution in [0.3, 0.4) is 0 Å². The van der Waals surface area contributed by atoms with Crippen LogP contribution in [0.5, 0.6) is 0 Å². The Balaban J connectivity index is 2.35. The fourth-order valence-electron chi connectivity index (χ4n) is 1.37. The third-order valence-electron chi connectivity index (χ3n) is 2.11. The van der Waals surface area contributed by atoms with E-state index < -0.39 is 0 Å². The number of ether oxygens (including phenoxy) is 1. The van der Waals surface area contributed by atoms with Gasteiger partial charge in [0, 0.05) is 6.04 Å². The van der Waals surface area contributed by atoms with Gasteiger partial charge in [0.25, 0.3) is 5.17 Å². The summed E-state index contributed by atoms with van der Waals surface area (Å²) in [5, 5.41) is 12.2. The van der Waals surface area contributed by atoms with Crippen molar-refractivity contribution < 1.29 is 4.74 Å². The van der Waals surface area contributed by atoms with Gasteiger partial charge in [-0.3, -0.25) is 0 Å². The van der Waals surface area contributed by atoms with E-state index in [0.29, 0.717) is 11.8 Å². The summed E-state index contributed by atoms with van der Waals surface area (Å²) in [6.07, 6.45) is 5.74. The second kappa shape index (κ2) is 5.61. The highest BCUT2D eigenvalue weighted by Crippen LogP contribution is 2.16. The molecule has 3 nitrogen and oxygen atoms in total. The Hall–Kier alpha value is -1.08. The van der Waals surface area contributed by atoms with E-state index in [-0.39, 0.29) is 12.0 Å². The molecular formula is C10H14N2OS. The molecular weight excluding hydrogens is 196 g/mol. The molecule has 1 N–H and O–H groups in total. The number of nitriles is 1. The van der Waals surface area contributed by atoms with Gasteiger partial charge in [-0.15, -0.1) is 0 Å². The van der Waals surface area contributed by atoms with Gasteiger partial charge in [0.1, 0.15) is 0 Å². The topological polar surface area (TPSA) is 45.0 Å². The SMILES string of the molecule is CCOC(=S)NC1C=C[C@@H](C#N)CC1. The standard InChI is InChI=1S/C10H14N2OS/c1-2-13-10(14)12-9-5-3-8(7-11)4-6-9/h3,5,8-9H,2,4,6H2,1H3,(H,12,14)/t8-,9?/m1/s1. The third kappa shape index (κ3) is 3.35. The molecule has 4 heteroatoms. The number of hydrogen-bond acceptors (Lipinski definition) is 3. The molecule has 0 saturated carbocycles. The second-order valence-corrected chi connectivity index (χ2v) is 3.54. The smallest absolute Gasteiger partial charge is 0.257 e. The normalized spacial score (nSPS) is 25.1. The average molecular weight is 210 g/mol. The minimum atomic E-state index is 0.0636. The first-order chi connectivity index (χ1) is 6.76. The predicted molar refractivity (Wildman–Crippen MR) is 58.6 cm³/mol. The van der Waals surface area contributed by atoms with Crippen molar-refractivity contribution in [2.75, 3.05) is 6.61 Å². The van der Waals surface area contributed by atoms with Crippen LogP contribution < -0.4 is 5.32 Å². The zero-order valence-electron chi connectivity index (χ0n) is 8.19. The van der Waals surface area contributed by atoms with Gasteiger partial charge in [-0.1, -0.05) is 12.2 Å². The van der Waals surface area contributed by atoms with E-state index in [9.17, 15) is 0 Å². The molecule has 0 bridgehead atoms. The van der Waals surface area contributed by atoms with Crippen molar-refractivity contribution >= 4 is 17.4 Å². The Morgan fingerprint density at radius 1 is 1.64 bits per heavy atom. The van der Waals surface area contributed by atoms with Gasteiger partial charge in [-0.05, 0) is 32.0 Å². The molecule has 0 aromatic rings. The Labute approximate surface area is 89.7 Å². The molecule has 0 aliphatic heterocycles. The lowest BCUT2D eigenvalue weighted by Gasteiger charge is -2.21. The number of nitrogens with one attached hydrogen (secondary N) is 1. The molecule has 0 amide bonds. The summed E-state index contributed by atoms with van der Waals surface area (Å²) in [6, 6.07) is 2.45. The largest absolute Gasteiger partial charge is 0.471 e. The van der Waals surface area contributed by atoms with Crippen molar-refractivity contribution in [1.82, 2.24) is 5.32 Å². The predicted octanol–water partition coefficient (Wildman–Crippen LogP) is 1.76. The Morgan fingerprint density at radius 3 is 2.93 bits per heavy atom. The van der Waals surface area contributed by atoms with Gasteiger partial charge in [0.05, 0.1) is 18.6 Å². The van der Waals surface area contributed by atoms with Gasteiger partial charge >= 0.3 is 0 Å². The van der Waals surface area contributed by atoms with Crippen LogP contribution in [0.15, 0.2) is 12.2 Å². The summed E-state index contributed by atoms with van der Waals surface area (Å²) in [5.41, 5.74) is 0. The van der Waals surface area contributed by atoms with E-state index in [1.54, 1.807) is 0 Å². The fourth-order valence-corrected chi connectivity index (χ4v) is 1.64. The summed E-state index contributed by atoms with van der Waals surface area (Å²) in [7, 11) is 0. The summed E-state index contributed by atoms with van der Waals surface area (Å²) in [4.78, 5) is 0. The minimum absolute atomic E-state index is 0.0636. The summed E-state index contributed by atoms with van der Waals surface area (Å²) < 4.78 is 5.12. The zero-order valence-corrected chi connectivity index (χ0v) is 9.01. The van der Waals surface area contributed by atoms with E-state index in [1.807, 2.05) is 19.1 Å². The first-order valence-electron chi connectivity index (χ1n) is 4.77. The molecule has 0 spiro atoms. The molecule has 0 fully saturated rings. The highest BCUT2D eigenvalue weighted by atomic mass is 32.1. The van der Waals surface area contributed by atoms with Crippen molar-refractivity contribution in [3.8, 4) is 6.07 Å². The van der Waals surface area contributed by atoms with Crippen LogP contribution >= 0.6 is 12.2 Å². The summed E-state index contributed by atoms with van der Waals surface area (Å²) in [6.45, 7) is 2.49. The molecule has 0 heterocycles. The summed E-state index contributed by atoms with van der Waals surface area (Å²) in [5.74, 6) is 0.0636. The van der Waals surface area contributed by atoms with Crippen molar-refractivity contribution in [1.29, 1.82) is 5.26 Å². The molecule has 76 valence electrons. The van der Waals surface area contributed by atoms with Crippen LogP contribution in [0, 0.1) is 17.2 Å². The van der Waals surface area contributed by atoms with Crippen LogP contribution in [-0.4, -0.2) is 17.8 Å². The Kier molecular flexibility index (Phi) is 4.41. The maximum Gasteiger partial charge on any atom is 0.257 e. The molecule has 2 atom stereocenters. The van der Waals surface area contributed by atoms with Crippen LogP contribution in [0.4, 0.5) is 0 Å². The molecule has 0 aromatic heterocycles. The molecule has 0 saturated heterocycles. The maximum absolute atomic E-state index is 8.67. The fraction of sp³-hybridized carbons (Fsp3) is 0.600. The maximum atomic E-state index is 8.67. The quantitative estimate of drug-likeness (QED) is 0.557. The minimum Gasteiger partial charge on any atom is -0.471 e. The molecule has 1 unspecified atom stereocenters. The lowest BCUT2D eigenvalue weighted by Crippen LogP contribution is -2.35. The van der Waals surface area contributed by atoms with Gasteiger partial charge in [0.2, 0.25) is 0 Å². The number of hydrogen-bond donors (Lipinski definition) is 1. The van der Waals surface area contributed by atoms with Crippen LogP contribution in [0.2, 0.25) is 0 Å². The lowest BCUT2D eigenvalue weighted by molar-refractivity contribution is 0.314.